The lowest BCUT2D eigenvalue weighted by molar-refractivity contribution is -0.137. The lowest BCUT2D eigenvalue weighted by atomic mass is 10.0. The molecule has 0 saturated carbocycles. The van der Waals surface area contributed by atoms with Crippen molar-refractivity contribution in [3.8, 4) is 5.75 Å². The van der Waals surface area contributed by atoms with Gasteiger partial charge in [-0.25, -0.2) is 13.3 Å². The molecule has 2 rings (SSSR count). The number of anilines is 1. The Balaban J connectivity index is 2.48. The highest BCUT2D eigenvalue weighted by molar-refractivity contribution is 7.46. The predicted octanol–water partition coefficient (Wildman–Crippen LogP) is 5.19. The number of alkyl halides is 5. The van der Waals surface area contributed by atoms with Crippen molar-refractivity contribution >= 4 is 31.0 Å². The number of hydrogen-bond donors (Lipinski definition) is 3. The summed E-state index contributed by atoms with van der Waals surface area (Å²) in [4.78, 5) is 30.2. The molecular weight excluding hydrogens is 448 g/mol. The van der Waals surface area contributed by atoms with Crippen molar-refractivity contribution in [2.45, 2.75) is 19.0 Å². The van der Waals surface area contributed by atoms with Crippen LogP contribution in [0.1, 0.15) is 28.4 Å². The molecule has 0 spiro atoms. The second-order valence-corrected chi connectivity index (χ2v) is 7.46. The zero-order valence-corrected chi connectivity index (χ0v) is 15.9. The minimum Gasteiger partial charge on any atom is -0.403 e. The summed E-state index contributed by atoms with van der Waals surface area (Å²) >= 11 is 5.73. The average Bonchev–Trinajstić information content (AvgIpc) is 2.53. The molecule has 158 valence electrons. The van der Waals surface area contributed by atoms with Gasteiger partial charge in [0.2, 0.25) is 0 Å². The van der Waals surface area contributed by atoms with E-state index < -0.39 is 54.0 Å². The highest BCUT2D eigenvalue weighted by Crippen LogP contribution is 2.40. The summed E-state index contributed by atoms with van der Waals surface area (Å²) in [6.45, 7) is 0.386. The van der Waals surface area contributed by atoms with Crippen LogP contribution < -0.4 is 9.84 Å². The zero-order chi connectivity index (χ0) is 22.2. The molecule has 2 aromatic carbocycles. The normalized spacial score (nSPS) is 12.6. The number of rotatable bonds is 5. The molecule has 0 bridgehead atoms. The minimum absolute atomic E-state index is 0.0574. The van der Waals surface area contributed by atoms with Crippen LogP contribution >= 0.6 is 19.4 Å². The molecule has 0 heterocycles. The topological polar surface area (TPSA) is 95.9 Å². The number of benzene rings is 2. The molecule has 0 radical (unpaired) electrons. The third-order valence-corrected chi connectivity index (χ3v) is 4.10. The zero-order valence-electron chi connectivity index (χ0n) is 14.3. The van der Waals surface area contributed by atoms with E-state index in [0.717, 1.165) is 18.2 Å². The molecule has 0 aliphatic rings. The molecule has 0 fully saturated rings. The van der Waals surface area contributed by atoms with Gasteiger partial charge in [0, 0.05) is 23.2 Å². The van der Waals surface area contributed by atoms with E-state index in [0.29, 0.717) is 19.1 Å². The van der Waals surface area contributed by atoms with Crippen molar-refractivity contribution in [3.63, 3.8) is 0 Å². The summed E-state index contributed by atoms with van der Waals surface area (Å²) in [5.74, 6) is -5.44. The Morgan fingerprint density at radius 2 is 1.66 bits per heavy atom. The maximum atomic E-state index is 13.6. The van der Waals surface area contributed by atoms with Gasteiger partial charge < -0.3 is 9.84 Å². The second kappa shape index (κ2) is 7.91. The summed E-state index contributed by atoms with van der Waals surface area (Å²) in [6, 6.07) is 4.35. The fourth-order valence-electron chi connectivity index (χ4n) is 2.20. The molecule has 29 heavy (non-hydrogen) atoms. The SMILES string of the molecule is CC(F)(F)c1cc(NC(=O)c2cc(Cl)ccc2OP(=O)(O)O)cc(C(F)(F)F)c1. The van der Waals surface area contributed by atoms with Gasteiger partial charge in [-0.1, -0.05) is 11.6 Å². The van der Waals surface area contributed by atoms with Gasteiger partial charge in [0.1, 0.15) is 5.75 Å². The first-order valence-corrected chi connectivity index (χ1v) is 9.44. The van der Waals surface area contributed by atoms with Crippen LogP contribution in [-0.4, -0.2) is 15.7 Å². The number of carbonyl (C=O) groups is 1. The van der Waals surface area contributed by atoms with Crippen molar-refractivity contribution in [2.75, 3.05) is 5.32 Å². The molecule has 2 aromatic rings. The number of phosphoric acid groups is 1. The number of halogens is 6. The van der Waals surface area contributed by atoms with Crippen LogP contribution in [0, 0.1) is 0 Å². The molecule has 13 heteroatoms. The molecule has 0 aliphatic carbocycles. The fraction of sp³-hybridized carbons (Fsp3) is 0.188. The van der Waals surface area contributed by atoms with Gasteiger partial charge >= 0.3 is 14.0 Å². The summed E-state index contributed by atoms with van der Waals surface area (Å²) in [7, 11) is -5.08. The summed E-state index contributed by atoms with van der Waals surface area (Å²) in [6.07, 6.45) is -4.97. The van der Waals surface area contributed by atoms with Crippen molar-refractivity contribution in [3.05, 3.63) is 58.1 Å². The second-order valence-electron chi connectivity index (χ2n) is 5.86. The Hall–Kier alpha value is -2.20. The molecule has 0 atom stereocenters. The Bertz CT molecular complexity index is 954. The third kappa shape index (κ3) is 6.40. The molecule has 0 saturated heterocycles. The highest BCUT2D eigenvalue weighted by Gasteiger charge is 2.35. The van der Waals surface area contributed by atoms with Crippen molar-refractivity contribution < 1.29 is 45.6 Å². The van der Waals surface area contributed by atoms with Crippen LogP contribution in [0.2, 0.25) is 5.02 Å². The molecular formula is C16H12ClF5NO5P. The van der Waals surface area contributed by atoms with Crippen LogP contribution in [-0.2, 0) is 16.7 Å². The Morgan fingerprint density at radius 3 is 2.17 bits per heavy atom. The minimum atomic E-state index is -5.08. The lowest BCUT2D eigenvalue weighted by Crippen LogP contribution is -2.17. The van der Waals surface area contributed by atoms with E-state index in [1.807, 2.05) is 5.32 Å². The van der Waals surface area contributed by atoms with Crippen LogP contribution in [0.25, 0.3) is 0 Å². The van der Waals surface area contributed by atoms with E-state index in [2.05, 4.69) is 4.52 Å². The van der Waals surface area contributed by atoms with Gasteiger partial charge in [-0.3, -0.25) is 14.6 Å². The number of hydrogen-bond acceptors (Lipinski definition) is 3. The van der Waals surface area contributed by atoms with Crippen LogP contribution in [0.15, 0.2) is 36.4 Å². The standard InChI is InChI=1S/C16H12ClF5NO5P/c1-15(18,19)8-4-9(16(20,21)22)6-11(5-8)23-14(24)12-7-10(17)2-3-13(12)28-29(25,26)27/h2-7H,1H3,(H,23,24)(H2,25,26,27). The predicted molar refractivity (Wildman–Crippen MR) is 93.1 cm³/mol. The summed E-state index contributed by atoms with van der Waals surface area (Å²) in [5.41, 5.74) is -3.59. The third-order valence-electron chi connectivity index (χ3n) is 3.43. The molecule has 0 aromatic heterocycles. The molecule has 1 amide bonds. The van der Waals surface area contributed by atoms with Gasteiger partial charge in [0.05, 0.1) is 11.1 Å². The van der Waals surface area contributed by atoms with Gasteiger partial charge in [-0.15, -0.1) is 0 Å². The Morgan fingerprint density at radius 1 is 1.07 bits per heavy atom. The molecule has 0 aliphatic heterocycles. The van der Waals surface area contributed by atoms with Crippen molar-refractivity contribution in [1.82, 2.24) is 0 Å². The highest BCUT2D eigenvalue weighted by atomic mass is 35.5. The van der Waals surface area contributed by atoms with Gasteiger partial charge in [0.25, 0.3) is 11.8 Å². The van der Waals surface area contributed by atoms with Gasteiger partial charge in [-0.05, 0) is 36.4 Å². The van der Waals surface area contributed by atoms with E-state index in [1.54, 1.807) is 0 Å². The number of carbonyl (C=O) groups excluding carboxylic acids is 1. The quantitative estimate of drug-likeness (QED) is 0.422. The molecule has 6 nitrogen and oxygen atoms in total. The fourth-order valence-corrected chi connectivity index (χ4v) is 2.79. The van der Waals surface area contributed by atoms with Crippen LogP contribution in [0.3, 0.4) is 0 Å². The summed E-state index contributed by atoms with van der Waals surface area (Å²) in [5, 5.41) is 1.92. The van der Waals surface area contributed by atoms with E-state index >= 15 is 0 Å². The van der Waals surface area contributed by atoms with Crippen LogP contribution in [0.4, 0.5) is 27.6 Å². The number of phosphoric ester groups is 1. The van der Waals surface area contributed by atoms with Crippen molar-refractivity contribution in [2.24, 2.45) is 0 Å². The first kappa shape index (κ1) is 23.1. The summed E-state index contributed by atoms with van der Waals surface area (Å²) < 4.78 is 81.6. The first-order chi connectivity index (χ1) is 13.1. The van der Waals surface area contributed by atoms with E-state index in [4.69, 9.17) is 21.4 Å². The first-order valence-electron chi connectivity index (χ1n) is 7.53. The average molecular weight is 460 g/mol. The maximum absolute atomic E-state index is 13.6. The largest absolute Gasteiger partial charge is 0.524 e. The maximum Gasteiger partial charge on any atom is 0.524 e. The number of nitrogens with one attached hydrogen (secondary N) is 1. The smallest absolute Gasteiger partial charge is 0.403 e. The molecule has 3 N–H and O–H groups in total. The van der Waals surface area contributed by atoms with Crippen molar-refractivity contribution in [1.29, 1.82) is 0 Å². The monoisotopic (exact) mass is 459 g/mol. The number of amides is 1. The van der Waals surface area contributed by atoms with E-state index in [-0.39, 0.29) is 11.1 Å². The van der Waals surface area contributed by atoms with E-state index in [1.165, 1.54) is 0 Å². The van der Waals surface area contributed by atoms with Gasteiger partial charge in [-0.2, -0.15) is 13.2 Å². The Kier molecular flexibility index (Phi) is 6.29. The van der Waals surface area contributed by atoms with Gasteiger partial charge in [0.15, 0.2) is 0 Å². The van der Waals surface area contributed by atoms with Crippen LogP contribution in [0.5, 0.6) is 5.75 Å². The molecule has 0 unspecified atom stereocenters. The van der Waals surface area contributed by atoms with E-state index in [9.17, 15) is 31.3 Å². The Labute approximate surface area is 165 Å². The lowest BCUT2D eigenvalue weighted by Gasteiger charge is -2.17.